The highest BCUT2D eigenvalue weighted by Gasteiger charge is 2.21. The minimum Gasteiger partial charge on any atom is -0.393 e. The summed E-state index contributed by atoms with van der Waals surface area (Å²) in [4.78, 5) is 12.1. The molecule has 22 heavy (non-hydrogen) atoms. The van der Waals surface area contributed by atoms with Crippen molar-refractivity contribution in [2.75, 3.05) is 6.54 Å². The summed E-state index contributed by atoms with van der Waals surface area (Å²) in [6, 6.07) is 14.3. The maximum absolute atomic E-state index is 12.1. The lowest BCUT2D eigenvalue weighted by molar-refractivity contribution is -0.121. The molecule has 0 spiro atoms. The van der Waals surface area contributed by atoms with Crippen molar-refractivity contribution in [1.82, 2.24) is 5.32 Å². The number of benzene rings is 2. The first kappa shape index (κ1) is 16.5. The Morgan fingerprint density at radius 2 is 1.86 bits per heavy atom. The molecule has 1 unspecified atom stereocenters. The van der Waals surface area contributed by atoms with Crippen LogP contribution in [-0.4, -0.2) is 23.7 Å². The van der Waals surface area contributed by atoms with Gasteiger partial charge in [0.05, 0.1) is 12.5 Å². The number of amides is 1. The molecular weight excluding hydrogens is 274 g/mol. The number of fused-ring (bicyclic) bond motifs is 1. The van der Waals surface area contributed by atoms with Crippen molar-refractivity contribution in [2.24, 2.45) is 5.41 Å². The lowest BCUT2D eigenvalue weighted by atomic mass is 9.87. The van der Waals surface area contributed by atoms with Gasteiger partial charge in [0, 0.05) is 6.54 Å². The summed E-state index contributed by atoms with van der Waals surface area (Å²) in [6.45, 7) is 6.45. The third kappa shape index (κ3) is 4.85. The van der Waals surface area contributed by atoms with E-state index in [1.54, 1.807) is 6.92 Å². The molecule has 0 heterocycles. The van der Waals surface area contributed by atoms with Gasteiger partial charge in [0.15, 0.2) is 0 Å². The molecule has 0 aliphatic rings. The van der Waals surface area contributed by atoms with Crippen molar-refractivity contribution in [1.29, 1.82) is 0 Å². The number of carbonyl (C=O) groups is 1. The van der Waals surface area contributed by atoms with Crippen LogP contribution in [0.4, 0.5) is 0 Å². The zero-order chi connectivity index (χ0) is 16.2. The zero-order valence-electron chi connectivity index (χ0n) is 13.6. The summed E-state index contributed by atoms with van der Waals surface area (Å²) in [5, 5.41) is 14.8. The van der Waals surface area contributed by atoms with Gasteiger partial charge >= 0.3 is 0 Å². The maximum atomic E-state index is 12.1. The largest absolute Gasteiger partial charge is 0.393 e. The molecule has 0 aromatic heterocycles. The molecule has 0 saturated heterocycles. The Kier molecular flexibility index (Phi) is 5.19. The molecular formula is C19H25NO2. The van der Waals surface area contributed by atoms with Gasteiger partial charge in [0.1, 0.15) is 0 Å². The van der Waals surface area contributed by atoms with E-state index in [1.165, 1.54) is 5.39 Å². The van der Waals surface area contributed by atoms with Gasteiger partial charge < -0.3 is 10.4 Å². The Balaban J connectivity index is 1.93. The first-order valence-electron chi connectivity index (χ1n) is 7.78. The van der Waals surface area contributed by atoms with Crippen molar-refractivity contribution in [2.45, 2.75) is 39.7 Å². The normalized spacial score (nSPS) is 13.1. The van der Waals surface area contributed by atoms with Crippen LogP contribution in [0.15, 0.2) is 42.5 Å². The fourth-order valence-corrected chi connectivity index (χ4v) is 2.81. The van der Waals surface area contributed by atoms with Crippen LogP contribution in [0.3, 0.4) is 0 Å². The number of carbonyl (C=O) groups excluding carboxylic acids is 1. The van der Waals surface area contributed by atoms with Crippen molar-refractivity contribution in [3.63, 3.8) is 0 Å². The van der Waals surface area contributed by atoms with Gasteiger partial charge in [0.25, 0.3) is 0 Å². The second-order valence-electron chi connectivity index (χ2n) is 6.85. The van der Waals surface area contributed by atoms with Gasteiger partial charge in [0.2, 0.25) is 5.91 Å². The van der Waals surface area contributed by atoms with Crippen LogP contribution < -0.4 is 5.32 Å². The topological polar surface area (TPSA) is 49.3 Å². The van der Waals surface area contributed by atoms with E-state index in [9.17, 15) is 9.90 Å². The van der Waals surface area contributed by atoms with E-state index in [2.05, 4.69) is 43.4 Å². The van der Waals surface area contributed by atoms with Crippen LogP contribution in [0, 0.1) is 5.41 Å². The van der Waals surface area contributed by atoms with Gasteiger partial charge in [-0.3, -0.25) is 4.79 Å². The Morgan fingerprint density at radius 1 is 1.18 bits per heavy atom. The molecule has 0 radical (unpaired) electrons. The van der Waals surface area contributed by atoms with Crippen LogP contribution >= 0.6 is 0 Å². The first-order valence-corrected chi connectivity index (χ1v) is 7.78. The molecule has 3 heteroatoms. The molecule has 2 N–H and O–H groups in total. The van der Waals surface area contributed by atoms with Gasteiger partial charge in [-0.05, 0) is 35.1 Å². The third-order valence-electron chi connectivity index (χ3n) is 3.79. The standard InChI is InChI=1S/C19H25NO2/c1-14(21)12-19(2,3)13-20-18(22)11-15-8-9-16-6-4-5-7-17(16)10-15/h4-10,14,21H,11-13H2,1-3H3,(H,20,22). The van der Waals surface area contributed by atoms with Gasteiger partial charge in [-0.2, -0.15) is 0 Å². The molecule has 1 amide bonds. The average molecular weight is 299 g/mol. The maximum Gasteiger partial charge on any atom is 0.224 e. The summed E-state index contributed by atoms with van der Waals surface area (Å²) < 4.78 is 0. The molecule has 2 aromatic carbocycles. The highest BCUT2D eigenvalue weighted by molar-refractivity contribution is 5.85. The molecule has 0 aliphatic carbocycles. The predicted octanol–water partition coefficient (Wildman–Crippen LogP) is 3.30. The SMILES string of the molecule is CC(O)CC(C)(C)CNC(=O)Cc1ccc2ccccc2c1. The van der Waals surface area contributed by atoms with Crippen molar-refractivity contribution in [3.05, 3.63) is 48.0 Å². The monoisotopic (exact) mass is 299 g/mol. The Morgan fingerprint density at radius 3 is 2.55 bits per heavy atom. The number of hydrogen-bond acceptors (Lipinski definition) is 2. The summed E-state index contributed by atoms with van der Waals surface area (Å²) in [6.07, 6.45) is 0.700. The van der Waals surface area contributed by atoms with Crippen LogP contribution in [-0.2, 0) is 11.2 Å². The molecule has 0 fully saturated rings. The predicted molar refractivity (Wildman–Crippen MR) is 90.7 cm³/mol. The number of aliphatic hydroxyl groups excluding tert-OH is 1. The molecule has 2 rings (SSSR count). The van der Waals surface area contributed by atoms with E-state index in [4.69, 9.17) is 0 Å². The third-order valence-corrected chi connectivity index (χ3v) is 3.79. The highest BCUT2D eigenvalue weighted by Crippen LogP contribution is 2.21. The number of hydrogen-bond donors (Lipinski definition) is 2. The van der Waals surface area contributed by atoms with Crippen LogP contribution in [0.2, 0.25) is 0 Å². The van der Waals surface area contributed by atoms with E-state index in [0.717, 1.165) is 10.9 Å². The molecule has 1 atom stereocenters. The number of nitrogens with one attached hydrogen (secondary N) is 1. The first-order chi connectivity index (χ1) is 10.4. The van der Waals surface area contributed by atoms with E-state index in [-0.39, 0.29) is 17.4 Å². The molecule has 3 nitrogen and oxygen atoms in total. The summed E-state index contributed by atoms with van der Waals surface area (Å²) >= 11 is 0. The van der Waals surface area contributed by atoms with E-state index < -0.39 is 0 Å². The van der Waals surface area contributed by atoms with Crippen LogP contribution in [0.5, 0.6) is 0 Å². The smallest absolute Gasteiger partial charge is 0.224 e. The van der Waals surface area contributed by atoms with E-state index in [1.807, 2.05) is 18.2 Å². The number of aliphatic hydroxyl groups is 1. The summed E-state index contributed by atoms with van der Waals surface area (Å²) in [5.74, 6) is 0.0222. The summed E-state index contributed by atoms with van der Waals surface area (Å²) in [7, 11) is 0. The highest BCUT2D eigenvalue weighted by atomic mass is 16.3. The molecule has 0 aliphatic heterocycles. The number of rotatable bonds is 6. The molecule has 118 valence electrons. The molecule has 0 saturated carbocycles. The fourth-order valence-electron chi connectivity index (χ4n) is 2.81. The van der Waals surface area contributed by atoms with Gasteiger partial charge in [-0.15, -0.1) is 0 Å². The van der Waals surface area contributed by atoms with Crippen LogP contribution in [0.1, 0.15) is 32.8 Å². The summed E-state index contributed by atoms with van der Waals surface area (Å²) in [5.41, 5.74) is 0.914. The van der Waals surface area contributed by atoms with Gasteiger partial charge in [-0.1, -0.05) is 56.3 Å². The van der Waals surface area contributed by atoms with Gasteiger partial charge in [-0.25, -0.2) is 0 Å². The van der Waals surface area contributed by atoms with Crippen molar-refractivity contribution in [3.8, 4) is 0 Å². The zero-order valence-corrected chi connectivity index (χ0v) is 13.6. The molecule has 0 bridgehead atoms. The van der Waals surface area contributed by atoms with E-state index in [0.29, 0.717) is 19.4 Å². The van der Waals surface area contributed by atoms with Crippen molar-refractivity contribution < 1.29 is 9.90 Å². The lowest BCUT2D eigenvalue weighted by Gasteiger charge is -2.26. The Bertz CT molecular complexity index is 647. The quantitative estimate of drug-likeness (QED) is 0.860. The Labute approximate surface area is 132 Å². The second kappa shape index (κ2) is 6.93. The van der Waals surface area contributed by atoms with Crippen molar-refractivity contribution >= 4 is 16.7 Å². The Hall–Kier alpha value is -1.87. The van der Waals surface area contributed by atoms with Crippen LogP contribution in [0.25, 0.3) is 10.8 Å². The van der Waals surface area contributed by atoms with E-state index >= 15 is 0 Å². The minimum atomic E-state index is -0.354. The lowest BCUT2D eigenvalue weighted by Crippen LogP contribution is -2.36. The fraction of sp³-hybridized carbons (Fsp3) is 0.421. The molecule has 2 aromatic rings. The second-order valence-corrected chi connectivity index (χ2v) is 6.85. The average Bonchev–Trinajstić information content (AvgIpc) is 2.44. The minimum absolute atomic E-state index is 0.0222.